The molecule has 0 aliphatic heterocycles. The summed E-state index contributed by atoms with van der Waals surface area (Å²) in [5.74, 6) is -0.449. The number of amides is 1. The Bertz CT molecular complexity index is 1210. The van der Waals surface area contributed by atoms with Gasteiger partial charge in [0.15, 0.2) is 0 Å². The number of carbonyl (C=O) groups is 1. The van der Waals surface area contributed by atoms with E-state index in [2.05, 4.69) is 41.0 Å². The van der Waals surface area contributed by atoms with Crippen LogP contribution in [0.4, 0.5) is 0 Å². The number of nitrogens with zero attached hydrogens (tertiary/aromatic N) is 1. The number of nitrogens with two attached hydrogens (primary N) is 1. The molecule has 1 heterocycles. The van der Waals surface area contributed by atoms with Crippen LogP contribution in [0, 0.1) is 6.92 Å². The number of carbonyl (C=O) groups excluding carboxylic acids is 1. The first-order chi connectivity index (χ1) is 14.4. The number of hydrogen-bond acceptors (Lipinski definition) is 1. The molecule has 0 bridgehead atoms. The summed E-state index contributed by atoms with van der Waals surface area (Å²) in [4.78, 5) is 12.0. The van der Waals surface area contributed by atoms with Crippen molar-refractivity contribution in [2.45, 2.75) is 13.5 Å². The van der Waals surface area contributed by atoms with Crippen molar-refractivity contribution in [3.63, 3.8) is 0 Å². The average molecular weight is 435 g/mol. The zero-order valence-electron chi connectivity index (χ0n) is 16.4. The molecule has 4 rings (SSSR count). The largest absolute Gasteiger partial charge is 0.366 e. The summed E-state index contributed by atoms with van der Waals surface area (Å²) < 4.78 is 2.06. The Kier molecular flexibility index (Phi) is 5.67. The highest BCUT2D eigenvalue weighted by atomic mass is 35.5. The van der Waals surface area contributed by atoms with E-state index in [9.17, 15) is 4.79 Å². The van der Waals surface area contributed by atoms with Crippen LogP contribution in [0.15, 0.2) is 78.9 Å². The fraction of sp³-hybridized carbons (Fsp3) is 0.0800. The number of primary amides is 1. The lowest BCUT2D eigenvalue weighted by Crippen LogP contribution is -2.12. The van der Waals surface area contributed by atoms with Gasteiger partial charge < -0.3 is 10.3 Å². The smallest absolute Gasteiger partial charge is 0.250 e. The fourth-order valence-corrected chi connectivity index (χ4v) is 4.09. The van der Waals surface area contributed by atoms with Gasteiger partial charge >= 0.3 is 0 Å². The van der Waals surface area contributed by atoms with Crippen LogP contribution in [-0.4, -0.2) is 10.5 Å². The average Bonchev–Trinajstić information content (AvgIpc) is 3.07. The van der Waals surface area contributed by atoms with Crippen molar-refractivity contribution >= 4 is 29.1 Å². The van der Waals surface area contributed by atoms with Crippen molar-refractivity contribution in [3.05, 3.63) is 106 Å². The second kappa shape index (κ2) is 8.39. The van der Waals surface area contributed by atoms with Crippen molar-refractivity contribution in [2.24, 2.45) is 5.73 Å². The lowest BCUT2D eigenvalue weighted by atomic mass is 10.0. The first-order valence-corrected chi connectivity index (χ1v) is 10.3. The predicted octanol–water partition coefficient (Wildman–Crippen LogP) is 6.58. The van der Waals surface area contributed by atoms with Gasteiger partial charge in [-0.05, 0) is 47.4 Å². The van der Waals surface area contributed by atoms with Gasteiger partial charge in [0, 0.05) is 28.0 Å². The highest BCUT2D eigenvalue weighted by Crippen LogP contribution is 2.31. The van der Waals surface area contributed by atoms with Gasteiger partial charge in [0.25, 0.3) is 5.91 Å². The van der Waals surface area contributed by atoms with Gasteiger partial charge in [-0.15, -0.1) is 0 Å². The number of hydrogen-bond donors (Lipinski definition) is 1. The van der Waals surface area contributed by atoms with Crippen molar-refractivity contribution in [1.29, 1.82) is 0 Å². The number of halogens is 2. The Labute approximate surface area is 185 Å². The topological polar surface area (TPSA) is 48.0 Å². The van der Waals surface area contributed by atoms with E-state index in [-0.39, 0.29) is 0 Å². The maximum Gasteiger partial charge on any atom is 0.250 e. The molecule has 0 saturated heterocycles. The van der Waals surface area contributed by atoms with E-state index in [1.807, 2.05) is 43.3 Å². The molecule has 0 saturated carbocycles. The number of benzene rings is 3. The molecule has 0 aliphatic rings. The molecule has 0 fully saturated rings. The Balaban J connectivity index is 1.77. The van der Waals surface area contributed by atoms with Crippen molar-refractivity contribution in [2.75, 3.05) is 0 Å². The minimum atomic E-state index is -0.449. The van der Waals surface area contributed by atoms with Crippen LogP contribution >= 0.6 is 23.2 Å². The summed E-state index contributed by atoms with van der Waals surface area (Å²) in [5, 5.41) is 1.17. The minimum Gasteiger partial charge on any atom is -0.366 e. The maximum absolute atomic E-state index is 12.0. The second-order valence-corrected chi connectivity index (χ2v) is 8.00. The molecule has 5 heteroatoms. The van der Waals surface area contributed by atoms with Crippen LogP contribution in [0.3, 0.4) is 0 Å². The van der Waals surface area contributed by atoms with E-state index in [4.69, 9.17) is 28.9 Å². The van der Waals surface area contributed by atoms with Crippen molar-refractivity contribution < 1.29 is 4.79 Å². The third-order valence-electron chi connectivity index (χ3n) is 5.26. The Hall–Kier alpha value is -3.01. The Morgan fingerprint density at radius 3 is 2.13 bits per heavy atom. The van der Waals surface area contributed by atoms with Gasteiger partial charge in [-0.3, -0.25) is 4.79 Å². The molecule has 1 amide bonds. The van der Waals surface area contributed by atoms with Gasteiger partial charge in [-0.25, -0.2) is 0 Å². The van der Waals surface area contributed by atoms with E-state index in [0.717, 1.165) is 33.6 Å². The lowest BCUT2D eigenvalue weighted by Gasteiger charge is -2.14. The molecule has 30 heavy (non-hydrogen) atoms. The van der Waals surface area contributed by atoms with Crippen LogP contribution in [-0.2, 0) is 6.54 Å². The molecule has 2 N–H and O–H groups in total. The lowest BCUT2D eigenvalue weighted by molar-refractivity contribution is 0.0999. The van der Waals surface area contributed by atoms with Crippen LogP contribution in [0.25, 0.3) is 22.4 Å². The summed E-state index contributed by atoms with van der Waals surface area (Å²) >= 11 is 12.4. The third-order valence-corrected chi connectivity index (χ3v) is 5.85. The molecule has 1 aromatic heterocycles. The molecule has 0 unspecified atom stereocenters. The predicted molar refractivity (Wildman–Crippen MR) is 124 cm³/mol. The molecule has 0 atom stereocenters. The first-order valence-electron chi connectivity index (χ1n) is 9.54. The third kappa shape index (κ3) is 4.00. The standard InChI is InChI=1S/C25H20Cl2N2O/c1-16-22(25(28)30)14-24(29(16)15-20-11-12-21(26)13-23(20)27)19-9-7-18(8-10-19)17-5-3-2-4-6-17/h2-14H,15H2,1H3,(H2,28,30). The monoisotopic (exact) mass is 434 g/mol. The van der Waals surface area contributed by atoms with Crippen LogP contribution in [0.5, 0.6) is 0 Å². The molecule has 4 aromatic rings. The molecule has 3 aromatic carbocycles. The Morgan fingerprint density at radius 2 is 1.50 bits per heavy atom. The summed E-state index contributed by atoms with van der Waals surface area (Å²) in [7, 11) is 0. The van der Waals surface area contributed by atoms with E-state index in [1.165, 1.54) is 0 Å². The minimum absolute atomic E-state index is 0.449. The molecular weight excluding hydrogens is 415 g/mol. The van der Waals surface area contributed by atoms with Crippen LogP contribution in [0.1, 0.15) is 21.6 Å². The van der Waals surface area contributed by atoms with Gasteiger partial charge in [-0.1, -0.05) is 83.9 Å². The SMILES string of the molecule is Cc1c(C(N)=O)cc(-c2ccc(-c3ccccc3)cc2)n1Cc1ccc(Cl)cc1Cl. The normalized spacial score (nSPS) is 10.9. The number of aromatic nitrogens is 1. The van der Waals surface area contributed by atoms with Gasteiger partial charge in [0.2, 0.25) is 0 Å². The van der Waals surface area contributed by atoms with Gasteiger partial charge in [-0.2, -0.15) is 0 Å². The first kappa shape index (κ1) is 20.3. The summed E-state index contributed by atoms with van der Waals surface area (Å²) in [6, 6.07) is 25.8. The van der Waals surface area contributed by atoms with Crippen LogP contribution in [0.2, 0.25) is 10.0 Å². The number of rotatable bonds is 5. The van der Waals surface area contributed by atoms with E-state index >= 15 is 0 Å². The summed E-state index contributed by atoms with van der Waals surface area (Å²) in [5.41, 5.74) is 12.0. The molecule has 0 spiro atoms. The van der Waals surface area contributed by atoms with Crippen molar-refractivity contribution in [1.82, 2.24) is 4.57 Å². The highest BCUT2D eigenvalue weighted by molar-refractivity contribution is 6.35. The molecule has 0 radical (unpaired) electrons. The molecular formula is C25H20Cl2N2O. The highest BCUT2D eigenvalue weighted by Gasteiger charge is 2.18. The molecule has 0 aliphatic carbocycles. The van der Waals surface area contributed by atoms with Crippen LogP contribution < -0.4 is 5.73 Å². The van der Waals surface area contributed by atoms with E-state index < -0.39 is 5.91 Å². The summed E-state index contributed by atoms with van der Waals surface area (Å²) in [6.45, 7) is 2.40. The quantitative estimate of drug-likeness (QED) is 0.378. The molecule has 150 valence electrons. The van der Waals surface area contributed by atoms with E-state index in [0.29, 0.717) is 22.2 Å². The second-order valence-electron chi connectivity index (χ2n) is 7.16. The van der Waals surface area contributed by atoms with Gasteiger partial charge in [0.1, 0.15) is 0 Å². The van der Waals surface area contributed by atoms with Crippen molar-refractivity contribution in [3.8, 4) is 22.4 Å². The van der Waals surface area contributed by atoms with Gasteiger partial charge in [0.05, 0.1) is 5.56 Å². The zero-order chi connectivity index (χ0) is 21.3. The summed E-state index contributed by atoms with van der Waals surface area (Å²) in [6.07, 6.45) is 0. The molecule has 3 nitrogen and oxygen atoms in total. The Morgan fingerprint density at radius 1 is 0.867 bits per heavy atom. The zero-order valence-corrected chi connectivity index (χ0v) is 17.9. The van der Waals surface area contributed by atoms with E-state index in [1.54, 1.807) is 6.07 Å². The fourth-order valence-electron chi connectivity index (χ4n) is 3.62. The maximum atomic E-state index is 12.0.